The lowest BCUT2D eigenvalue weighted by Crippen LogP contribution is -2.48. The molecule has 0 radical (unpaired) electrons. The number of amides is 1. The van der Waals surface area contributed by atoms with Crippen molar-refractivity contribution >= 4 is 17.6 Å². The summed E-state index contributed by atoms with van der Waals surface area (Å²) in [6.45, 7) is 6.53. The number of ether oxygens (including phenoxy) is 1. The Bertz CT molecular complexity index is 474. The molecule has 0 aliphatic rings. The van der Waals surface area contributed by atoms with Gasteiger partial charge in [0.25, 0.3) is 0 Å². The molecule has 0 aromatic heterocycles. The third kappa shape index (κ3) is 4.26. The van der Waals surface area contributed by atoms with E-state index in [0.717, 1.165) is 17.8 Å². The van der Waals surface area contributed by atoms with Crippen LogP contribution >= 0.6 is 0 Å². The number of nitrogens with zero attached hydrogens (tertiary/aromatic N) is 1. The number of carbonyl (C=O) groups excluding carboxylic acids is 2. The molecular weight excluding hydrogens is 256 g/mol. The number of likely N-dealkylation sites (N-methyl/N-ethyl adjacent to an activating group) is 1. The Kier molecular flexibility index (Phi) is 6.03. The Morgan fingerprint density at radius 1 is 1.35 bits per heavy atom. The second-order valence-electron chi connectivity index (χ2n) is 4.60. The predicted octanol–water partition coefficient (Wildman–Crippen LogP) is 1.50. The third-order valence-corrected chi connectivity index (χ3v) is 3.10. The fraction of sp³-hybridized carbons (Fsp3) is 0.467. The monoisotopic (exact) mass is 278 g/mol. The Labute approximate surface area is 119 Å². The van der Waals surface area contributed by atoms with Gasteiger partial charge in [-0.2, -0.15) is 0 Å². The van der Waals surface area contributed by atoms with Crippen molar-refractivity contribution in [2.45, 2.75) is 26.8 Å². The largest absolute Gasteiger partial charge is 0.467 e. The highest BCUT2D eigenvalue weighted by molar-refractivity contribution is 5.83. The molecule has 1 aromatic rings. The van der Waals surface area contributed by atoms with Gasteiger partial charge in [-0.15, -0.1) is 0 Å². The summed E-state index contributed by atoms with van der Waals surface area (Å²) in [4.78, 5) is 25.0. The Morgan fingerprint density at radius 2 is 2.00 bits per heavy atom. The molecule has 1 atom stereocenters. The van der Waals surface area contributed by atoms with Gasteiger partial charge in [-0.05, 0) is 25.5 Å². The molecule has 110 valence electrons. The normalized spacial score (nSPS) is 11.6. The van der Waals surface area contributed by atoms with Crippen molar-refractivity contribution in [2.24, 2.45) is 0 Å². The van der Waals surface area contributed by atoms with E-state index in [1.165, 1.54) is 14.0 Å². The van der Waals surface area contributed by atoms with Gasteiger partial charge in [-0.25, -0.2) is 4.79 Å². The van der Waals surface area contributed by atoms with Crippen LogP contribution in [0.3, 0.4) is 0 Å². The number of para-hydroxylation sites is 1. The summed E-state index contributed by atoms with van der Waals surface area (Å²) in [5, 5.41) is 2.63. The molecule has 1 aromatic carbocycles. The zero-order valence-electron chi connectivity index (χ0n) is 12.5. The molecule has 5 nitrogen and oxygen atoms in total. The SMILES string of the molecule is CCN(CC(NC(C)=O)C(=O)OC)c1ccccc1C. The van der Waals surface area contributed by atoms with Gasteiger partial charge in [0.1, 0.15) is 6.04 Å². The molecule has 0 bridgehead atoms. The van der Waals surface area contributed by atoms with Crippen molar-refractivity contribution in [1.82, 2.24) is 5.32 Å². The highest BCUT2D eigenvalue weighted by Crippen LogP contribution is 2.19. The van der Waals surface area contributed by atoms with Crippen molar-refractivity contribution in [3.8, 4) is 0 Å². The van der Waals surface area contributed by atoms with Gasteiger partial charge in [0.2, 0.25) is 5.91 Å². The molecule has 0 saturated heterocycles. The highest BCUT2D eigenvalue weighted by Gasteiger charge is 2.23. The molecule has 0 fully saturated rings. The van der Waals surface area contributed by atoms with Crippen molar-refractivity contribution in [3.05, 3.63) is 29.8 Å². The molecule has 0 saturated carbocycles. The minimum Gasteiger partial charge on any atom is -0.467 e. The van der Waals surface area contributed by atoms with Gasteiger partial charge < -0.3 is 15.0 Å². The Morgan fingerprint density at radius 3 is 2.50 bits per heavy atom. The maximum Gasteiger partial charge on any atom is 0.330 e. The number of anilines is 1. The first-order valence-corrected chi connectivity index (χ1v) is 6.65. The van der Waals surface area contributed by atoms with E-state index in [2.05, 4.69) is 5.32 Å². The van der Waals surface area contributed by atoms with Crippen LogP contribution in [-0.2, 0) is 14.3 Å². The molecular formula is C15H22N2O3. The number of esters is 1. The van der Waals surface area contributed by atoms with E-state index in [4.69, 9.17) is 4.74 Å². The molecule has 1 N–H and O–H groups in total. The first-order chi connectivity index (χ1) is 9.49. The molecule has 0 aliphatic heterocycles. The topological polar surface area (TPSA) is 58.6 Å². The average Bonchev–Trinajstić information content (AvgIpc) is 2.43. The number of hydrogen-bond donors (Lipinski definition) is 1. The van der Waals surface area contributed by atoms with E-state index in [1.807, 2.05) is 43.0 Å². The minimum absolute atomic E-state index is 0.249. The van der Waals surface area contributed by atoms with Crippen molar-refractivity contribution in [2.75, 3.05) is 25.1 Å². The molecule has 5 heteroatoms. The average molecular weight is 278 g/mol. The van der Waals surface area contributed by atoms with Gasteiger partial charge >= 0.3 is 5.97 Å². The molecule has 0 spiro atoms. The van der Waals surface area contributed by atoms with E-state index in [9.17, 15) is 9.59 Å². The quantitative estimate of drug-likeness (QED) is 0.801. The van der Waals surface area contributed by atoms with Crippen molar-refractivity contribution < 1.29 is 14.3 Å². The van der Waals surface area contributed by atoms with E-state index < -0.39 is 12.0 Å². The summed E-state index contributed by atoms with van der Waals surface area (Å²) in [6, 6.07) is 7.27. The molecule has 0 heterocycles. The van der Waals surface area contributed by atoms with Gasteiger partial charge in [-0.3, -0.25) is 4.79 Å². The summed E-state index contributed by atoms with van der Waals surface area (Å²) in [6.07, 6.45) is 0. The van der Waals surface area contributed by atoms with E-state index >= 15 is 0 Å². The van der Waals surface area contributed by atoms with Crippen LogP contribution < -0.4 is 10.2 Å². The van der Waals surface area contributed by atoms with Crippen LogP contribution in [0.2, 0.25) is 0 Å². The van der Waals surface area contributed by atoms with Crippen LogP contribution in [0.15, 0.2) is 24.3 Å². The number of nitrogens with one attached hydrogen (secondary N) is 1. The number of methoxy groups -OCH3 is 1. The number of carbonyl (C=O) groups is 2. The van der Waals surface area contributed by atoms with Crippen LogP contribution in [-0.4, -0.2) is 38.1 Å². The first-order valence-electron chi connectivity index (χ1n) is 6.65. The number of benzene rings is 1. The predicted molar refractivity (Wildman–Crippen MR) is 78.7 cm³/mol. The first kappa shape index (κ1) is 16.0. The number of hydrogen-bond acceptors (Lipinski definition) is 4. The van der Waals surface area contributed by atoms with Crippen LogP contribution in [0, 0.1) is 6.92 Å². The lowest BCUT2D eigenvalue weighted by atomic mass is 10.1. The lowest BCUT2D eigenvalue weighted by Gasteiger charge is -2.28. The minimum atomic E-state index is -0.669. The van der Waals surface area contributed by atoms with Crippen LogP contribution in [0.4, 0.5) is 5.69 Å². The summed E-state index contributed by atoms with van der Waals surface area (Å²) in [5.74, 6) is -0.687. The fourth-order valence-electron chi connectivity index (χ4n) is 2.10. The maximum absolute atomic E-state index is 11.8. The summed E-state index contributed by atoms with van der Waals surface area (Å²) in [7, 11) is 1.32. The zero-order valence-corrected chi connectivity index (χ0v) is 12.5. The maximum atomic E-state index is 11.8. The van der Waals surface area contributed by atoms with E-state index in [0.29, 0.717) is 6.54 Å². The van der Waals surface area contributed by atoms with E-state index in [-0.39, 0.29) is 5.91 Å². The second kappa shape index (κ2) is 7.53. The molecule has 1 amide bonds. The highest BCUT2D eigenvalue weighted by atomic mass is 16.5. The molecule has 1 rings (SSSR count). The number of rotatable bonds is 6. The summed E-state index contributed by atoms with van der Waals surface area (Å²) in [5.41, 5.74) is 2.18. The Hall–Kier alpha value is -2.04. The lowest BCUT2D eigenvalue weighted by molar-refractivity contribution is -0.144. The smallest absolute Gasteiger partial charge is 0.330 e. The molecule has 20 heavy (non-hydrogen) atoms. The van der Waals surface area contributed by atoms with Crippen LogP contribution in [0.1, 0.15) is 19.4 Å². The molecule has 0 aliphatic carbocycles. The number of aryl methyl sites for hydroxylation is 1. The summed E-state index contributed by atoms with van der Waals surface area (Å²) >= 11 is 0. The van der Waals surface area contributed by atoms with Gasteiger partial charge in [0.15, 0.2) is 0 Å². The second-order valence-corrected chi connectivity index (χ2v) is 4.60. The third-order valence-electron chi connectivity index (χ3n) is 3.10. The summed E-state index contributed by atoms with van der Waals surface area (Å²) < 4.78 is 4.74. The molecule has 1 unspecified atom stereocenters. The van der Waals surface area contributed by atoms with Crippen LogP contribution in [0.5, 0.6) is 0 Å². The van der Waals surface area contributed by atoms with Crippen LogP contribution in [0.25, 0.3) is 0 Å². The zero-order chi connectivity index (χ0) is 15.1. The van der Waals surface area contributed by atoms with Crippen molar-refractivity contribution in [3.63, 3.8) is 0 Å². The van der Waals surface area contributed by atoms with Gasteiger partial charge in [0.05, 0.1) is 7.11 Å². The van der Waals surface area contributed by atoms with Gasteiger partial charge in [-0.1, -0.05) is 18.2 Å². The fourth-order valence-corrected chi connectivity index (χ4v) is 2.10. The standard InChI is InChI=1S/C15H22N2O3/c1-5-17(14-9-7-6-8-11(14)2)10-13(15(19)20-4)16-12(3)18/h6-9,13H,5,10H2,1-4H3,(H,16,18). The van der Waals surface area contributed by atoms with Crippen molar-refractivity contribution in [1.29, 1.82) is 0 Å². The van der Waals surface area contributed by atoms with Gasteiger partial charge in [0, 0.05) is 25.7 Å². The Balaban J connectivity index is 2.91. The van der Waals surface area contributed by atoms with E-state index in [1.54, 1.807) is 0 Å².